The number of aliphatic carboxylic acids is 1. The van der Waals surface area contributed by atoms with Crippen molar-refractivity contribution in [2.45, 2.75) is 13.3 Å². The lowest BCUT2D eigenvalue weighted by atomic mass is 9.90. The van der Waals surface area contributed by atoms with Gasteiger partial charge in [-0.2, -0.15) is 0 Å². The number of carbonyl (C=O) groups is 2. The minimum absolute atomic E-state index is 0.111. The van der Waals surface area contributed by atoms with Gasteiger partial charge in [0.25, 0.3) is 5.91 Å². The lowest BCUT2D eigenvalue weighted by Gasteiger charge is -2.35. The first kappa shape index (κ1) is 15.5. The van der Waals surface area contributed by atoms with E-state index in [-0.39, 0.29) is 25.0 Å². The predicted molar refractivity (Wildman–Crippen MR) is 81.4 cm³/mol. The van der Waals surface area contributed by atoms with E-state index in [0.29, 0.717) is 29.9 Å². The van der Waals surface area contributed by atoms with Crippen LogP contribution in [0.1, 0.15) is 18.9 Å². The van der Waals surface area contributed by atoms with Crippen molar-refractivity contribution in [1.29, 1.82) is 0 Å². The summed E-state index contributed by atoms with van der Waals surface area (Å²) < 4.78 is 18.8. The Morgan fingerprint density at radius 1 is 1.35 bits per heavy atom. The Balaban J connectivity index is 1.81. The fourth-order valence-electron chi connectivity index (χ4n) is 3.17. The van der Waals surface area contributed by atoms with E-state index in [1.165, 1.54) is 18.2 Å². The number of halogens is 1. The van der Waals surface area contributed by atoms with Gasteiger partial charge in [-0.25, -0.2) is 4.39 Å². The van der Waals surface area contributed by atoms with Crippen LogP contribution in [0, 0.1) is 17.7 Å². The van der Waals surface area contributed by atoms with Gasteiger partial charge in [0.2, 0.25) is 0 Å². The van der Waals surface area contributed by atoms with Gasteiger partial charge in [0.15, 0.2) is 0 Å². The van der Waals surface area contributed by atoms with Crippen LogP contribution in [0.25, 0.3) is 6.08 Å². The number of piperidine rings is 1. The van der Waals surface area contributed by atoms with Crippen molar-refractivity contribution < 1.29 is 23.8 Å². The number of carboxylic acids is 1. The largest absolute Gasteiger partial charge is 0.488 e. The van der Waals surface area contributed by atoms with E-state index < -0.39 is 17.7 Å². The average molecular weight is 319 g/mol. The summed E-state index contributed by atoms with van der Waals surface area (Å²) in [5, 5.41) is 9.21. The first-order chi connectivity index (χ1) is 10.9. The first-order valence-corrected chi connectivity index (χ1v) is 7.59. The molecule has 2 atom stereocenters. The average Bonchev–Trinajstić information content (AvgIpc) is 2.52. The topological polar surface area (TPSA) is 66.8 Å². The number of rotatable bonds is 2. The van der Waals surface area contributed by atoms with Gasteiger partial charge in [-0.15, -0.1) is 0 Å². The Hall–Kier alpha value is -2.37. The third kappa shape index (κ3) is 3.21. The zero-order chi connectivity index (χ0) is 16.6. The summed E-state index contributed by atoms with van der Waals surface area (Å²) in [7, 11) is 0. The number of carbonyl (C=O) groups excluding carboxylic acids is 1. The summed E-state index contributed by atoms with van der Waals surface area (Å²) >= 11 is 0. The summed E-state index contributed by atoms with van der Waals surface area (Å²) in [5.74, 6) is -1.39. The Labute approximate surface area is 133 Å². The van der Waals surface area contributed by atoms with Gasteiger partial charge >= 0.3 is 5.97 Å². The summed E-state index contributed by atoms with van der Waals surface area (Å²) in [4.78, 5) is 25.4. The Kier molecular flexibility index (Phi) is 4.07. The summed E-state index contributed by atoms with van der Waals surface area (Å²) in [6.07, 6.45) is 2.20. The van der Waals surface area contributed by atoms with Crippen molar-refractivity contribution in [3.63, 3.8) is 0 Å². The zero-order valence-corrected chi connectivity index (χ0v) is 12.8. The van der Waals surface area contributed by atoms with E-state index in [2.05, 4.69) is 0 Å². The van der Waals surface area contributed by atoms with E-state index in [9.17, 15) is 19.1 Å². The van der Waals surface area contributed by atoms with Gasteiger partial charge in [-0.05, 0) is 36.6 Å². The number of amides is 1. The quantitative estimate of drug-likeness (QED) is 0.907. The van der Waals surface area contributed by atoms with Crippen LogP contribution in [0.4, 0.5) is 4.39 Å². The molecule has 5 nitrogen and oxygen atoms in total. The SMILES string of the molecule is CC1CC(C(=O)O)CN(C(=O)C2=Cc3cc(F)ccc3OC2)C1. The molecule has 2 heterocycles. The van der Waals surface area contributed by atoms with Crippen molar-refractivity contribution in [1.82, 2.24) is 4.90 Å². The first-order valence-electron chi connectivity index (χ1n) is 7.59. The summed E-state index contributed by atoms with van der Waals surface area (Å²) in [6.45, 7) is 2.77. The molecule has 1 amide bonds. The van der Waals surface area contributed by atoms with Gasteiger partial charge in [0.05, 0.1) is 11.5 Å². The molecule has 0 spiro atoms. The second kappa shape index (κ2) is 6.02. The zero-order valence-electron chi connectivity index (χ0n) is 12.8. The maximum atomic E-state index is 13.3. The normalized spacial score (nSPS) is 23.6. The number of fused-ring (bicyclic) bond motifs is 1. The molecule has 0 aliphatic carbocycles. The van der Waals surface area contributed by atoms with Crippen LogP contribution in [0.3, 0.4) is 0 Å². The lowest BCUT2D eigenvalue weighted by Crippen LogP contribution is -2.46. The fraction of sp³-hybridized carbons (Fsp3) is 0.412. The van der Waals surface area contributed by atoms with Crippen LogP contribution in [-0.2, 0) is 9.59 Å². The van der Waals surface area contributed by atoms with E-state index in [1.54, 1.807) is 11.0 Å². The maximum absolute atomic E-state index is 13.3. The van der Waals surface area contributed by atoms with Crippen LogP contribution in [0.15, 0.2) is 23.8 Å². The third-order valence-corrected chi connectivity index (χ3v) is 4.26. The maximum Gasteiger partial charge on any atom is 0.308 e. The predicted octanol–water partition coefficient (Wildman–Crippen LogP) is 2.17. The van der Waals surface area contributed by atoms with Crippen molar-refractivity contribution >= 4 is 18.0 Å². The second-order valence-corrected chi connectivity index (χ2v) is 6.23. The highest BCUT2D eigenvalue weighted by Gasteiger charge is 2.33. The highest BCUT2D eigenvalue weighted by molar-refractivity contribution is 5.99. The molecule has 1 N–H and O–H groups in total. The highest BCUT2D eigenvalue weighted by Crippen LogP contribution is 2.29. The number of carboxylic acid groups (broad SMARTS) is 1. The van der Waals surface area contributed by atoms with Crippen LogP contribution in [-0.4, -0.2) is 41.6 Å². The number of hydrogen-bond donors (Lipinski definition) is 1. The molecule has 1 aromatic rings. The van der Waals surface area contributed by atoms with Crippen molar-refractivity contribution in [3.8, 4) is 5.75 Å². The van der Waals surface area contributed by atoms with Crippen LogP contribution >= 0.6 is 0 Å². The number of benzene rings is 1. The number of nitrogens with zero attached hydrogens (tertiary/aromatic N) is 1. The molecule has 2 aliphatic heterocycles. The van der Waals surface area contributed by atoms with Gasteiger partial charge in [0.1, 0.15) is 18.2 Å². The molecule has 3 rings (SSSR count). The number of likely N-dealkylation sites (tertiary alicyclic amines) is 1. The Morgan fingerprint density at radius 3 is 2.87 bits per heavy atom. The second-order valence-electron chi connectivity index (χ2n) is 6.23. The molecular formula is C17H18FNO4. The van der Waals surface area contributed by atoms with E-state index in [4.69, 9.17) is 4.74 Å². The van der Waals surface area contributed by atoms with Gasteiger partial charge in [-0.3, -0.25) is 9.59 Å². The highest BCUT2D eigenvalue weighted by atomic mass is 19.1. The monoisotopic (exact) mass is 319 g/mol. The fourth-order valence-corrected chi connectivity index (χ4v) is 3.17. The van der Waals surface area contributed by atoms with Crippen LogP contribution < -0.4 is 4.74 Å². The molecule has 0 bridgehead atoms. The Morgan fingerprint density at radius 2 is 2.13 bits per heavy atom. The molecule has 0 aromatic heterocycles. The smallest absolute Gasteiger partial charge is 0.308 e. The van der Waals surface area contributed by atoms with Crippen LogP contribution in [0.2, 0.25) is 0 Å². The minimum atomic E-state index is -0.879. The number of hydrogen-bond acceptors (Lipinski definition) is 3. The molecule has 122 valence electrons. The summed E-state index contributed by atoms with van der Waals surface area (Å²) in [5.41, 5.74) is 0.945. The van der Waals surface area contributed by atoms with E-state index in [1.807, 2.05) is 6.92 Å². The lowest BCUT2D eigenvalue weighted by molar-refractivity contribution is -0.146. The van der Waals surface area contributed by atoms with Crippen molar-refractivity contribution in [2.24, 2.45) is 11.8 Å². The molecule has 1 saturated heterocycles. The Bertz CT molecular complexity index is 685. The van der Waals surface area contributed by atoms with Crippen LogP contribution in [0.5, 0.6) is 5.75 Å². The molecule has 6 heteroatoms. The van der Waals surface area contributed by atoms with Gasteiger partial charge < -0.3 is 14.7 Å². The third-order valence-electron chi connectivity index (χ3n) is 4.26. The molecule has 0 radical (unpaired) electrons. The van der Waals surface area contributed by atoms with E-state index >= 15 is 0 Å². The standard InChI is InChI=1S/C17H18FNO4/c1-10-4-12(17(21)22)8-19(7-10)16(20)13-5-11-6-14(18)2-3-15(11)23-9-13/h2-3,5-6,10,12H,4,7-9H2,1H3,(H,21,22). The molecule has 0 saturated carbocycles. The summed E-state index contributed by atoms with van der Waals surface area (Å²) in [6, 6.07) is 4.16. The molecule has 1 aromatic carbocycles. The minimum Gasteiger partial charge on any atom is -0.488 e. The molecular weight excluding hydrogens is 301 g/mol. The molecule has 23 heavy (non-hydrogen) atoms. The van der Waals surface area contributed by atoms with Gasteiger partial charge in [-0.1, -0.05) is 6.92 Å². The molecule has 2 unspecified atom stereocenters. The number of ether oxygens (including phenoxy) is 1. The molecule has 1 fully saturated rings. The van der Waals surface area contributed by atoms with E-state index in [0.717, 1.165) is 0 Å². The van der Waals surface area contributed by atoms with Crippen molar-refractivity contribution in [3.05, 3.63) is 35.2 Å². The van der Waals surface area contributed by atoms with Gasteiger partial charge in [0, 0.05) is 18.7 Å². The molecule has 2 aliphatic rings. The van der Waals surface area contributed by atoms with Crippen molar-refractivity contribution in [2.75, 3.05) is 19.7 Å².